The van der Waals surface area contributed by atoms with Gasteiger partial charge in [-0.15, -0.1) is 11.3 Å². The molecule has 1 aromatic heterocycles. The van der Waals surface area contributed by atoms with Gasteiger partial charge in [0.2, 0.25) is 0 Å². The number of nitrogens with zero attached hydrogens (tertiary/aromatic N) is 3. The summed E-state index contributed by atoms with van der Waals surface area (Å²) in [5.74, 6) is 0. The molecule has 3 nitrogen and oxygen atoms in total. The highest BCUT2D eigenvalue weighted by Crippen LogP contribution is 2.54. The average molecular weight is 1000 g/mol. The number of para-hydroxylation sites is 2. The number of benzene rings is 8. The van der Waals surface area contributed by atoms with Gasteiger partial charge in [0.15, 0.2) is 0 Å². The quantitative estimate of drug-likeness (QED) is 0.154. The van der Waals surface area contributed by atoms with Crippen molar-refractivity contribution in [2.75, 3.05) is 14.7 Å². The van der Waals surface area contributed by atoms with Gasteiger partial charge in [-0.25, -0.2) is 0 Å². The molecule has 0 N–H and O–H groups in total. The Hall–Kier alpha value is -6.82. The van der Waals surface area contributed by atoms with E-state index in [9.17, 15) is 0 Å². The van der Waals surface area contributed by atoms with Crippen molar-refractivity contribution in [3.8, 4) is 11.1 Å². The van der Waals surface area contributed by atoms with Crippen molar-refractivity contribution in [1.29, 1.82) is 0 Å². The highest BCUT2D eigenvalue weighted by atomic mass is 32.1. The average Bonchev–Trinajstić information content (AvgIpc) is 3.84. The molecule has 0 amide bonds. The van der Waals surface area contributed by atoms with E-state index < -0.39 is 6.04 Å². The first-order valence-corrected chi connectivity index (χ1v) is 27.7. The first-order chi connectivity index (χ1) is 37.7. The van der Waals surface area contributed by atoms with Gasteiger partial charge in [0.25, 0.3) is 6.71 Å². The SMILES string of the molecule is [2H]c1c([2H])c([2H])c(-c2ccc(N(c3ccccc3)c3cc4c5c(c3)N(c3ccc(C(C)(C)C)cc3)c3c(sc6ccc(C(C)(C)C)cc36)B5c3cc5c(cc3N4c3ccccc3C(C)(C)C)C(C)(C)CCC5(C)C)cc2)c([2H])c1[2H]. The van der Waals surface area contributed by atoms with E-state index in [1.807, 2.05) is 41.7 Å². The van der Waals surface area contributed by atoms with E-state index in [4.69, 9.17) is 6.85 Å². The van der Waals surface area contributed by atoms with Crippen LogP contribution in [0.4, 0.5) is 51.2 Å². The molecule has 0 bridgehead atoms. The van der Waals surface area contributed by atoms with Crippen molar-refractivity contribution >= 4 is 95.0 Å². The zero-order chi connectivity index (χ0) is 56.9. The lowest BCUT2D eigenvalue weighted by Crippen LogP contribution is -2.61. The van der Waals surface area contributed by atoms with Gasteiger partial charge in [-0.05, 0) is 163 Å². The normalized spacial score (nSPS) is 16.5. The lowest BCUT2D eigenvalue weighted by atomic mass is 9.35. The van der Waals surface area contributed by atoms with E-state index >= 15 is 0 Å². The number of hydrogen-bond acceptors (Lipinski definition) is 4. The molecule has 2 aliphatic heterocycles. The van der Waals surface area contributed by atoms with Crippen LogP contribution in [0.2, 0.25) is 0 Å². The summed E-state index contributed by atoms with van der Waals surface area (Å²) in [5, 5.41) is 1.25. The monoisotopic (exact) mass is 1000 g/mol. The maximum Gasteiger partial charge on any atom is 0.264 e. The van der Waals surface area contributed by atoms with Crippen LogP contribution < -0.4 is 30.4 Å². The van der Waals surface area contributed by atoms with E-state index in [2.05, 4.69) is 220 Å². The number of anilines is 9. The van der Waals surface area contributed by atoms with Gasteiger partial charge in [0.05, 0.1) is 18.2 Å². The van der Waals surface area contributed by atoms with Crippen molar-refractivity contribution in [2.45, 2.75) is 130 Å². The molecule has 5 heteroatoms. The molecule has 12 rings (SSSR count). The fourth-order valence-electron chi connectivity index (χ4n) is 12.3. The van der Waals surface area contributed by atoms with Crippen molar-refractivity contribution in [2.24, 2.45) is 0 Å². The summed E-state index contributed by atoms with van der Waals surface area (Å²) < 4.78 is 45.8. The first-order valence-electron chi connectivity index (χ1n) is 29.4. The summed E-state index contributed by atoms with van der Waals surface area (Å²) in [7, 11) is 0. The minimum absolute atomic E-state index is 0.0324. The van der Waals surface area contributed by atoms with Crippen LogP contribution in [0, 0.1) is 0 Å². The lowest BCUT2D eigenvalue weighted by molar-refractivity contribution is 0.332. The van der Waals surface area contributed by atoms with Crippen molar-refractivity contribution < 1.29 is 6.85 Å². The Morgan fingerprint density at radius 3 is 1.75 bits per heavy atom. The summed E-state index contributed by atoms with van der Waals surface area (Å²) in [6.07, 6.45) is 2.21. The molecule has 0 fully saturated rings. The Morgan fingerprint density at radius 2 is 1.11 bits per heavy atom. The molecule has 0 radical (unpaired) electrons. The van der Waals surface area contributed by atoms with Gasteiger partial charge in [-0.3, -0.25) is 0 Å². The Balaban J connectivity index is 1.23. The summed E-state index contributed by atoms with van der Waals surface area (Å²) in [5.41, 5.74) is 19.3. The van der Waals surface area contributed by atoms with Crippen LogP contribution in [0.1, 0.15) is 138 Å². The van der Waals surface area contributed by atoms with Gasteiger partial charge < -0.3 is 14.7 Å². The molecule has 0 spiro atoms. The van der Waals surface area contributed by atoms with Gasteiger partial charge >= 0.3 is 0 Å². The lowest BCUT2D eigenvalue weighted by Gasteiger charge is -2.47. The van der Waals surface area contributed by atoms with Crippen molar-refractivity contribution in [3.63, 3.8) is 0 Å². The largest absolute Gasteiger partial charge is 0.311 e. The molecule has 0 saturated carbocycles. The number of rotatable bonds is 6. The highest BCUT2D eigenvalue weighted by molar-refractivity contribution is 7.33. The summed E-state index contributed by atoms with van der Waals surface area (Å²) in [6.45, 7) is 30.4. The Labute approximate surface area is 459 Å². The van der Waals surface area contributed by atoms with Gasteiger partial charge in [-0.2, -0.15) is 0 Å². The fourth-order valence-corrected chi connectivity index (χ4v) is 13.6. The van der Waals surface area contributed by atoms with Crippen molar-refractivity contribution in [1.82, 2.24) is 0 Å². The highest BCUT2D eigenvalue weighted by Gasteiger charge is 2.49. The van der Waals surface area contributed by atoms with Crippen LogP contribution in [0.25, 0.3) is 21.2 Å². The summed E-state index contributed by atoms with van der Waals surface area (Å²) in [4.78, 5) is 7.52. The Kier molecular flexibility index (Phi) is 10.1. The number of fused-ring (bicyclic) bond motifs is 7. The van der Waals surface area contributed by atoms with E-state index in [-0.39, 0.29) is 63.5 Å². The Morgan fingerprint density at radius 1 is 0.520 bits per heavy atom. The fraction of sp³-hybridized carbons (Fsp3) is 0.286. The molecule has 0 unspecified atom stereocenters. The smallest absolute Gasteiger partial charge is 0.264 e. The molecular formula is C70H72BN3S. The molecular weight excluding hydrogens is 926 g/mol. The first kappa shape index (κ1) is 43.4. The maximum atomic E-state index is 8.90. The van der Waals surface area contributed by atoms with Crippen LogP contribution in [0.3, 0.4) is 0 Å². The molecule has 9 aromatic rings. The minimum Gasteiger partial charge on any atom is -0.311 e. The second-order valence-electron chi connectivity index (χ2n) is 25.8. The third kappa shape index (κ3) is 8.24. The second kappa shape index (κ2) is 17.4. The summed E-state index contributed by atoms with van der Waals surface area (Å²) in [6, 6.07) is 52.4. The number of thiophene rings is 1. The molecule has 8 aromatic carbocycles. The zero-order valence-corrected chi connectivity index (χ0v) is 46.9. The standard InChI is InChI=1S/C70H72BN3S/c1-66(2,3)47-30-35-51(36-31-47)73-60-41-52(72(49-24-18-15-19-25-49)50-33-28-46(29-34-50)45-22-16-14-17-23-45)42-61-63(60)71(65-64(73)53-40-48(67(4,5)6)32-37-62(53)75-65)57-43-55-56(70(12,13)39-38-69(55,10)11)44-59(57)74(61)58-27-21-20-26-54(58)68(7,8)9/h14-37,40-44H,38-39H2,1-13H3/i14D,16D,17D,22D,23D. The van der Waals surface area contributed by atoms with Gasteiger partial charge in [-0.1, -0.05) is 193 Å². The molecule has 0 atom stereocenters. The predicted octanol–water partition coefficient (Wildman–Crippen LogP) is 18.4. The van der Waals surface area contributed by atoms with E-state index in [1.54, 1.807) is 0 Å². The van der Waals surface area contributed by atoms with E-state index in [0.29, 0.717) is 5.56 Å². The zero-order valence-electron chi connectivity index (χ0n) is 51.1. The van der Waals surface area contributed by atoms with Crippen molar-refractivity contribution in [3.05, 3.63) is 204 Å². The minimum atomic E-state index is -0.403. The van der Waals surface area contributed by atoms with Crippen LogP contribution >= 0.6 is 11.3 Å². The predicted molar refractivity (Wildman–Crippen MR) is 327 cm³/mol. The van der Waals surface area contributed by atoms with Crippen LogP contribution in [-0.4, -0.2) is 6.71 Å². The van der Waals surface area contributed by atoms with E-state index in [0.717, 1.165) is 52.7 Å². The van der Waals surface area contributed by atoms with Crippen LogP contribution in [-0.2, 0) is 27.1 Å². The third-order valence-electron chi connectivity index (χ3n) is 16.6. The third-order valence-corrected chi connectivity index (χ3v) is 17.8. The molecule has 0 saturated heterocycles. The molecule has 3 heterocycles. The van der Waals surface area contributed by atoms with E-state index in [1.165, 1.54) is 65.0 Å². The van der Waals surface area contributed by atoms with Crippen LogP contribution in [0.5, 0.6) is 0 Å². The molecule has 376 valence electrons. The topological polar surface area (TPSA) is 9.72 Å². The molecule has 75 heavy (non-hydrogen) atoms. The van der Waals surface area contributed by atoms with Gasteiger partial charge in [0, 0.05) is 54.7 Å². The van der Waals surface area contributed by atoms with Crippen LogP contribution in [0.15, 0.2) is 176 Å². The van der Waals surface area contributed by atoms with Gasteiger partial charge in [0.1, 0.15) is 0 Å². The Bertz CT molecular complexity index is 3940. The second-order valence-corrected chi connectivity index (χ2v) is 26.9. The number of hydrogen-bond donors (Lipinski definition) is 0. The summed E-state index contributed by atoms with van der Waals surface area (Å²) >= 11 is 1.95. The molecule has 1 aliphatic carbocycles. The maximum absolute atomic E-state index is 8.90. The molecule has 3 aliphatic rings.